The lowest BCUT2D eigenvalue weighted by atomic mass is 10.1. The Morgan fingerprint density at radius 3 is 2.53 bits per heavy atom. The van der Waals surface area contributed by atoms with Gasteiger partial charge in [-0.3, -0.25) is 9.69 Å². The van der Waals surface area contributed by atoms with Crippen LogP contribution in [0.3, 0.4) is 0 Å². The number of piperazine rings is 1. The fourth-order valence-electron chi connectivity index (χ4n) is 3.90. The summed E-state index contributed by atoms with van der Waals surface area (Å²) >= 11 is 0. The minimum atomic E-state index is -0.341. The van der Waals surface area contributed by atoms with Gasteiger partial charge in [-0.1, -0.05) is 0 Å². The topological polar surface area (TPSA) is 55.2 Å². The number of aryl methyl sites for hydroxylation is 1. The summed E-state index contributed by atoms with van der Waals surface area (Å²) in [6.07, 6.45) is 0. The molecule has 0 unspecified atom stereocenters. The van der Waals surface area contributed by atoms with Gasteiger partial charge in [0.1, 0.15) is 22.9 Å². The number of halogens is 1. The minimum Gasteiger partial charge on any atom is -0.497 e. The number of hydrogen-bond donors (Lipinski definition) is 0. The van der Waals surface area contributed by atoms with E-state index in [1.54, 1.807) is 32.1 Å². The average Bonchev–Trinajstić information content (AvgIpc) is 3.09. The van der Waals surface area contributed by atoms with Crippen LogP contribution in [0, 0.1) is 12.7 Å². The third-order valence-corrected chi connectivity index (χ3v) is 5.63. The van der Waals surface area contributed by atoms with Crippen molar-refractivity contribution in [2.24, 2.45) is 0 Å². The van der Waals surface area contributed by atoms with E-state index in [-0.39, 0.29) is 11.7 Å². The van der Waals surface area contributed by atoms with Crippen LogP contribution >= 0.6 is 0 Å². The largest absolute Gasteiger partial charge is 0.497 e. The van der Waals surface area contributed by atoms with E-state index < -0.39 is 0 Å². The molecule has 0 atom stereocenters. The molecule has 1 aromatic heterocycles. The predicted octanol–water partition coefficient (Wildman–Crippen LogP) is 3.86. The van der Waals surface area contributed by atoms with Crippen LogP contribution in [0.1, 0.15) is 21.7 Å². The van der Waals surface area contributed by atoms with Crippen LogP contribution in [-0.2, 0) is 6.54 Å². The molecule has 0 spiro atoms. The van der Waals surface area contributed by atoms with Crippen molar-refractivity contribution in [1.29, 1.82) is 0 Å². The Bertz CT molecular complexity index is 1070. The van der Waals surface area contributed by atoms with Crippen molar-refractivity contribution < 1.29 is 23.1 Å². The molecule has 1 aliphatic heterocycles. The van der Waals surface area contributed by atoms with Gasteiger partial charge in [0.15, 0.2) is 5.76 Å². The number of carbonyl (C=O) groups is 1. The van der Waals surface area contributed by atoms with E-state index in [0.717, 1.165) is 30.2 Å². The Kier molecular flexibility index (Phi) is 5.63. The van der Waals surface area contributed by atoms with E-state index in [1.165, 1.54) is 12.1 Å². The zero-order valence-electron chi connectivity index (χ0n) is 17.4. The average molecular weight is 412 g/mol. The molecule has 2 heterocycles. The van der Waals surface area contributed by atoms with E-state index >= 15 is 0 Å². The summed E-state index contributed by atoms with van der Waals surface area (Å²) in [5, 5.41) is 0.641. The number of rotatable bonds is 5. The number of hydrogen-bond acceptors (Lipinski definition) is 5. The van der Waals surface area contributed by atoms with Gasteiger partial charge in [0.25, 0.3) is 5.91 Å². The molecule has 1 amide bonds. The van der Waals surface area contributed by atoms with Crippen molar-refractivity contribution in [2.45, 2.75) is 13.5 Å². The van der Waals surface area contributed by atoms with Crippen LogP contribution in [0.4, 0.5) is 4.39 Å². The fraction of sp³-hybridized carbons (Fsp3) is 0.348. The van der Waals surface area contributed by atoms with Crippen LogP contribution in [0.5, 0.6) is 11.5 Å². The maximum Gasteiger partial charge on any atom is 0.289 e. The van der Waals surface area contributed by atoms with Gasteiger partial charge in [0.2, 0.25) is 0 Å². The molecule has 30 heavy (non-hydrogen) atoms. The number of carbonyl (C=O) groups excluding carboxylic acids is 1. The molecule has 2 aromatic carbocycles. The molecule has 1 saturated heterocycles. The van der Waals surface area contributed by atoms with Crippen LogP contribution < -0.4 is 9.47 Å². The van der Waals surface area contributed by atoms with Crippen molar-refractivity contribution in [3.05, 3.63) is 59.1 Å². The Morgan fingerprint density at radius 2 is 1.83 bits per heavy atom. The lowest BCUT2D eigenvalue weighted by Gasteiger charge is -2.34. The van der Waals surface area contributed by atoms with Gasteiger partial charge in [-0.05, 0) is 43.3 Å². The highest BCUT2D eigenvalue weighted by Gasteiger charge is 2.27. The molecule has 0 aliphatic carbocycles. The Hall–Kier alpha value is -3.06. The number of ether oxygens (including phenoxy) is 2. The molecule has 1 aliphatic rings. The second-order valence-corrected chi connectivity index (χ2v) is 7.44. The van der Waals surface area contributed by atoms with Crippen LogP contribution in [-0.4, -0.2) is 56.1 Å². The summed E-state index contributed by atoms with van der Waals surface area (Å²) in [6.45, 7) is 5.17. The second-order valence-electron chi connectivity index (χ2n) is 7.44. The van der Waals surface area contributed by atoms with Gasteiger partial charge >= 0.3 is 0 Å². The van der Waals surface area contributed by atoms with Gasteiger partial charge in [-0.2, -0.15) is 0 Å². The maximum absolute atomic E-state index is 13.5. The lowest BCUT2D eigenvalue weighted by molar-refractivity contribution is 0.0598. The van der Waals surface area contributed by atoms with Gasteiger partial charge in [-0.25, -0.2) is 4.39 Å². The van der Waals surface area contributed by atoms with Crippen LogP contribution in [0.2, 0.25) is 0 Å². The molecule has 4 rings (SSSR count). The summed E-state index contributed by atoms with van der Waals surface area (Å²) in [5.74, 6) is 1.41. The summed E-state index contributed by atoms with van der Waals surface area (Å²) in [6, 6.07) is 10.1. The number of nitrogens with zero attached hydrogens (tertiary/aromatic N) is 2. The highest BCUT2D eigenvalue weighted by atomic mass is 19.1. The molecule has 0 saturated carbocycles. The second kappa shape index (κ2) is 8.36. The number of fused-ring (bicyclic) bond motifs is 1. The highest BCUT2D eigenvalue weighted by Crippen LogP contribution is 2.28. The third kappa shape index (κ3) is 3.85. The van der Waals surface area contributed by atoms with Gasteiger partial charge < -0.3 is 18.8 Å². The van der Waals surface area contributed by atoms with E-state index in [0.29, 0.717) is 41.9 Å². The first-order valence-corrected chi connectivity index (χ1v) is 9.91. The van der Waals surface area contributed by atoms with Crippen molar-refractivity contribution >= 4 is 16.9 Å². The Balaban J connectivity index is 1.44. The zero-order valence-corrected chi connectivity index (χ0v) is 17.4. The SMILES string of the molecule is COc1ccc(OC)c(CN2CCN(C(=O)c3oc4ccc(F)cc4c3C)CC2)c1. The molecular formula is C23H25FN2O4. The van der Waals surface area contributed by atoms with Crippen molar-refractivity contribution in [1.82, 2.24) is 9.80 Å². The first-order chi connectivity index (χ1) is 14.5. The van der Waals surface area contributed by atoms with E-state index in [2.05, 4.69) is 4.90 Å². The smallest absolute Gasteiger partial charge is 0.289 e. The summed E-state index contributed by atoms with van der Waals surface area (Å²) in [5.41, 5.74) is 2.26. The van der Waals surface area contributed by atoms with Gasteiger partial charge in [0.05, 0.1) is 14.2 Å². The minimum absolute atomic E-state index is 0.150. The molecule has 158 valence electrons. The normalized spacial score (nSPS) is 14.9. The first kappa shape index (κ1) is 20.2. The predicted molar refractivity (Wildman–Crippen MR) is 112 cm³/mol. The molecule has 0 radical (unpaired) electrons. The number of methoxy groups -OCH3 is 2. The molecule has 0 bridgehead atoms. The van der Waals surface area contributed by atoms with E-state index in [1.807, 2.05) is 18.2 Å². The van der Waals surface area contributed by atoms with E-state index in [4.69, 9.17) is 13.9 Å². The number of furan rings is 1. The highest BCUT2D eigenvalue weighted by molar-refractivity contribution is 5.99. The number of amides is 1. The summed E-state index contributed by atoms with van der Waals surface area (Å²) < 4.78 is 30.1. The molecule has 0 N–H and O–H groups in total. The zero-order chi connectivity index (χ0) is 21.3. The van der Waals surface area contributed by atoms with E-state index in [9.17, 15) is 9.18 Å². The molecule has 3 aromatic rings. The molecular weight excluding hydrogens is 387 g/mol. The number of benzene rings is 2. The van der Waals surface area contributed by atoms with Gasteiger partial charge in [-0.15, -0.1) is 0 Å². The monoisotopic (exact) mass is 412 g/mol. The Morgan fingerprint density at radius 1 is 1.07 bits per heavy atom. The molecule has 6 nitrogen and oxygen atoms in total. The summed E-state index contributed by atoms with van der Waals surface area (Å²) in [4.78, 5) is 17.1. The van der Waals surface area contributed by atoms with Crippen molar-refractivity contribution in [3.8, 4) is 11.5 Å². The van der Waals surface area contributed by atoms with Crippen LogP contribution in [0.25, 0.3) is 11.0 Å². The van der Waals surface area contributed by atoms with Crippen molar-refractivity contribution in [2.75, 3.05) is 40.4 Å². The fourth-order valence-corrected chi connectivity index (χ4v) is 3.90. The Labute approximate surface area is 174 Å². The standard InChI is InChI=1S/C23H25FN2O4/c1-15-19-13-17(24)4-6-21(19)30-22(15)23(27)26-10-8-25(9-11-26)14-16-12-18(28-2)5-7-20(16)29-3/h4-7,12-13H,8-11,14H2,1-3H3. The van der Waals surface area contributed by atoms with Crippen molar-refractivity contribution in [3.63, 3.8) is 0 Å². The summed E-state index contributed by atoms with van der Waals surface area (Å²) in [7, 11) is 3.30. The lowest BCUT2D eigenvalue weighted by Crippen LogP contribution is -2.48. The third-order valence-electron chi connectivity index (χ3n) is 5.63. The molecule has 7 heteroatoms. The van der Waals surface area contributed by atoms with Gasteiger partial charge in [0, 0.05) is 49.2 Å². The van der Waals surface area contributed by atoms with Crippen LogP contribution in [0.15, 0.2) is 40.8 Å². The quantitative estimate of drug-likeness (QED) is 0.637. The molecule has 1 fully saturated rings. The maximum atomic E-state index is 13.5. The first-order valence-electron chi connectivity index (χ1n) is 9.91.